The van der Waals surface area contributed by atoms with Crippen molar-refractivity contribution in [3.05, 3.63) is 0 Å². The van der Waals surface area contributed by atoms with E-state index in [0.29, 0.717) is 6.42 Å². The zero-order valence-electron chi connectivity index (χ0n) is 18.2. The van der Waals surface area contributed by atoms with Gasteiger partial charge in [0.1, 0.15) is 0 Å². The van der Waals surface area contributed by atoms with Crippen molar-refractivity contribution in [2.24, 2.45) is 0 Å². The number of carbonyl (C=O) groups excluding carboxylic acids is 1. The molecule has 0 fully saturated rings. The normalized spacial score (nSPS) is 11.7. The highest BCUT2D eigenvalue weighted by molar-refractivity contribution is 7.80. The second kappa shape index (κ2) is 18.4. The Bertz CT molecular complexity index is 467. The van der Waals surface area contributed by atoms with Gasteiger partial charge >= 0.3 is 10.4 Å². The summed E-state index contributed by atoms with van der Waals surface area (Å²) in [6, 6.07) is 0. The number of hydrogen-bond donors (Lipinski definition) is 1. The van der Waals surface area contributed by atoms with Crippen molar-refractivity contribution in [3.8, 4) is 0 Å². The Kier molecular flexibility index (Phi) is 17.9. The molecule has 0 rings (SSSR count). The Morgan fingerprint density at radius 2 is 1.18 bits per heavy atom. The molecule has 0 aliphatic heterocycles. The first-order chi connectivity index (χ1) is 13.4. The van der Waals surface area contributed by atoms with Crippen LogP contribution in [0.25, 0.3) is 0 Å². The van der Waals surface area contributed by atoms with E-state index in [-0.39, 0.29) is 19.1 Å². The average molecular weight is 422 g/mol. The lowest BCUT2D eigenvalue weighted by atomic mass is 10.0. The smallest absolute Gasteiger partial charge is 0.343 e. The zero-order valence-corrected chi connectivity index (χ0v) is 19.0. The van der Waals surface area contributed by atoms with E-state index >= 15 is 0 Å². The molecule has 0 aliphatic carbocycles. The van der Waals surface area contributed by atoms with Gasteiger partial charge in [0.05, 0.1) is 6.61 Å². The van der Waals surface area contributed by atoms with E-state index in [1.165, 1.54) is 88.4 Å². The summed E-state index contributed by atoms with van der Waals surface area (Å²) in [4.78, 5) is 13.3. The first-order valence-electron chi connectivity index (χ1n) is 11.2. The van der Waals surface area contributed by atoms with Crippen LogP contribution in [-0.4, -0.2) is 44.0 Å². The van der Waals surface area contributed by atoms with Crippen LogP contribution in [0.4, 0.5) is 0 Å². The number of carbonyl (C=O) groups is 1. The molecule has 1 amide bonds. The highest BCUT2D eigenvalue weighted by atomic mass is 32.3. The minimum absolute atomic E-state index is 0.0198. The standard InChI is InChI=1S/C21H43NO5S/c1-3-4-5-6-7-8-9-10-11-12-13-14-15-16-17-18-21(23)22(2)19-20-27-28(24,25)26/h3-20H2,1-2H3,(H,24,25,26). The number of nitrogens with zero attached hydrogens (tertiary/aromatic N) is 1. The third-order valence-corrected chi connectivity index (χ3v) is 5.54. The van der Waals surface area contributed by atoms with E-state index in [1.54, 1.807) is 7.05 Å². The molecule has 0 spiro atoms. The van der Waals surface area contributed by atoms with Gasteiger partial charge in [0, 0.05) is 20.0 Å². The van der Waals surface area contributed by atoms with Crippen molar-refractivity contribution in [1.29, 1.82) is 0 Å². The monoisotopic (exact) mass is 421 g/mol. The second-order valence-electron chi connectivity index (χ2n) is 7.76. The molecule has 0 bridgehead atoms. The van der Waals surface area contributed by atoms with Gasteiger partial charge in [-0.15, -0.1) is 0 Å². The first kappa shape index (κ1) is 27.3. The Balaban J connectivity index is 3.33. The molecule has 0 saturated carbocycles. The summed E-state index contributed by atoms with van der Waals surface area (Å²) >= 11 is 0. The molecule has 6 nitrogen and oxygen atoms in total. The van der Waals surface area contributed by atoms with Crippen molar-refractivity contribution in [3.63, 3.8) is 0 Å². The van der Waals surface area contributed by atoms with E-state index in [4.69, 9.17) is 4.55 Å². The van der Waals surface area contributed by atoms with Crippen molar-refractivity contribution in [2.75, 3.05) is 20.2 Å². The molecular weight excluding hydrogens is 378 g/mol. The van der Waals surface area contributed by atoms with Crippen LogP contribution in [0, 0.1) is 0 Å². The van der Waals surface area contributed by atoms with E-state index in [2.05, 4.69) is 11.1 Å². The summed E-state index contributed by atoms with van der Waals surface area (Å²) in [7, 11) is -2.82. The van der Waals surface area contributed by atoms with Gasteiger partial charge < -0.3 is 4.90 Å². The maximum atomic E-state index is 11.9. The Labute approximate surface area is 173 Å². The van der Waals surface area contributed by atoms with Crippen molar-refractivity contribution in [2.45, 2.75) is 110 Å². The zero-order chi connectivity index (χ0) is 21.1. The topological polar surface area (TPSA) is 83.9 Å². The highest BCUT2D eigenvalue weighted by Gasteiger charge is 2.10. The van der Waals surface area contributed by atoms with Crippen LogP contribution in [0.15, 0.2) is 0 Å². The van der Waals surface area contributed by atoms with Crippen LogP contribution in [-0.2, 0) is 19.4 Å². The van der Waals surface area contributed by atoms with Gasteiger partial charge in [-0.3, -0.25) is 9.35 Å². The number of amides is 1. The molecule has 0 aromatic carbocycles. The van der Waals surface area contributed by atoms with Crippen LogP contribution in [0.1, 0.15) is 110 Å². The molecule has 0 saturated heterocycles. The van der Waals surface area contributed by atoms with Gasteiger partial charge in [-0.25, -0.2) is 4.18 Å². The van der Waals surface area contributed by atoms with Crippen LogP contribution < -0.4 is 0 Å². The van der Waals surface area contributed by atoms with Crippen LogP contribution in [0.5, 0.6) is 0 Å². The fraction of sp³-hybridized carbons (Fsp3) is 0.952. The fourth-order valence-electron chi connectivity index (χ4n) is 3.24. The third-order valence-electron chi connectivity index (χ3n) is 5.08. The Morgan fingerprint density at radius 3 is 1.57 bits per heavy atom. The number of rotatable bonds is 20. The SMILES string of the molecule is CCCCCCCCCCCCCCCCCC(=O)N(C)CCOS(=O)(=O)O. The van der Waals surface area contributed by atoms with Crippen molar-refractivity contribution in [1.82, 2.24) is 4.90 Å². The predicted molar refractivity (Wildman–Crippen MR) is 115 cm³/mol. The quantitative estimate of drug-likeness (QED) is 0.206. The van der Waals surface area contributed by atoms with Crippen LogP contribution in [0.3, 0.4) is 0 Å². The minimum Gasteiger partial charge on any atom is -0.343 e. The van der Waals surface area contributed by atoms with E-state index in [1.807, 2.05) is 0 Å². The van der Waals surface area contributed by atoms with Gasteiger partial charge in [-0.1, -0.05) is 96.8 Å². The Morgan fingerprint density at radius 1 is 0.786 bits per heavy atom. The van der Waals surface area contributed by atoms with Crippen molar-refractivity contribution >= 4 is 16.3 Å². The van der Waals surface area contributed by atoms with Gasteiger partial charge in [0.15, 0.2) is 0 Å². The van der Waals surface area contributed by atoms with E-state index < -0.39 is 10.4 Å². The lowest BCUT2D eigenvalue weighted by Gasteiger charge is -2.16. The highest BCUT2D eigenvalue weighted by Crippen LogP contribution is 2.13. The van der Waals surface area contributed by atoms with Gasteiger partial charge in [0.25, 0.3) is 0 Å². The summed E-state index contributed by atoms with van der Waals surface area (Å²) < 4.78 is 33.6. The largest absolute Gasteiger partial charge is 0.397 e. The Hall–Kier alpha value is -0.660. The molecule has 0 radical (unpaired) electrons. The van der Waals surface area contributed by atoms with E-state index in [9.17, 15) is 13.2 Å². The molecule has 0 aromatic rings. The fourth-order valence-corrected chi connectivity index (χ4v) is 3.53. The average Bonchev–Trinajstić information content (AvgIpc) is 2.63. The lowest BCUT2D eigenvalue weighted by Crippen LogP contribution is -2.30. The molecule has 0 unspecified atom stereocenters. The predicted octanol–water partition coefficient (Wildman–Crippen LogP) is 5.53. The number of likely N-dealkylation sites (N-methyl/N-ethyl adjacent to an activating group) is 1. The van der Waals surface area contributed by atoms with Gasteiger partial charge in [-0.05, 0) is 6.42 Å². The molecule has 0 aliphatic rings. The molecule has 28 heavy (non-hydrogen) atoms. The summed E-state index contributed by atoms with van der Waals surface area (Å²) in [6.07, 6.45) is 19.8. The van der Waals surface area contributed by atoms with Crippen LogP contribution >= 0.6 is 0 Å². The minimum atomic E-state index is -4.43. The molecule has 0 atom stereocenters. The maximum Gasteiger partial charge on any atom is 0.397 e. The second-order valence-corrected chi connectivity index (χ2v) is 8.86. The summed E-state index contributed by atoms with van der Waals surface area (Å²) in [5.74, 6) is -0.0198. The molecule has 168 valence electrons. The molecule has 0 heterocycles. The number of unbranched alkanes of at least 4 members (excludes halogenated alkanes) is 14. The first-order valence-corrected chi connectivity index (χ1v) is 12.6. The molecule has 0 aromatic heterocycles. The number of hydrogen-bond acceptors (Lipinski definition) is 4. The summed E-state index contributed by atoms with van der Waals surface area (Å²) in [6.45, 7) is 2.19. The molecule has 7 heteroatoms. The molecular formula is C21H43NO5S. The third kappa shape index (κ3) is 20.1. The van der Waals surface area contributed by atoms with Crippen molar-refractivity contribution < 1.29 is 21.9 Å². The lowest BCUT2D eigenvalue weighted by molar-refractivity contribution is -0.130. The summed E-state index contributed by atoms with van der Waals surface area (Å²) in [5.41, 5.74) is 0. The maximum absolute atomic E-state index is 11.9. The molecule has 1 N–H and O–H groups in total. The van der Waals surface area contributed by atoms with E-state index in [0.717, 1.165) is 12.8 Å². The van der Waals surface area contributed by atoms with Gasteiger partial charge in [0.2, 0.25) is 5.91 Å². The van der Waals surface area contributed by atoms with Crippen LogP contribution in [0.2, 0.25) is 0 Å². The van der Waals surface area contributed by atoms with Gasteiger partial charge in [-0.2, -0.15) is 8.42 Å². The summed E-state index contributed by atoms with van der Waals surface area (Å²) in [5, 5.41) is 0.